The molecule has 0 aromatic rings. The predicted octanol–water partition coefficient (Wildman–Crippen LogP) is 7.22. The summed E-state index contributed by atoms with van der Waals surface area (Å²) in [6.45, 7) is 2.61. The highest BCUT2D eigenvalue weighted by molar-refractivity contribution is 5.70. The van der Waals surface area contributed by atoms with Gasteiger partial charge in [-0.3, -0.25) is 9.59 Å². The molecular formula is C50H94O15. The lowest BCUT2D eigenvalue weighted by Gasteiger charge is -2.42. The zero-order valence-corrected chi connectivity index (χ0v) is 40.5. The molecule has 0 aromatic carbocycles. The molecule has 0 radical (unpaired) electrons. The van der Waals surface area contributed by atoms with Crippen LogP contribution in [0, 0.1) is 0 Å². The van der Waals surface area contributed by atoms with Crippen molar-refractivity contribution in [1.82, 2.24) is 0 Å². The summed E-state index contributed by atoms with van der Waals surface area (Å²) in [5.41, 5.74) is 0. The molecule has 4 unspecified atom stereocenters. The van der Waals surface area contributed by atoms with Crippen molar-refractivity contribution in [1.29, 1.82) is 0 Å². The summed E-state index contributed by atoms with van der Waals surface area (Å²) in [7, 11) is 0. The number of aliphatic hydroxyl groups excluding tert-OH is 7. The van der Waals surface area contributed by atoms with Crippen molar-refractivity contribution in [3.8, 4) is 0 Å². The molecule has 2 fully saturated rings. The molecule has 15 heteroatoms. The Bertz CT molecular complexity index is 1150. The maximum absolute atomic E-state index is 13.0. The number of esters is 2. The fourth-order valence-corrected chi connectivity index (χ4v) is 8.51. The first kappa shape index (κ1) is 59.6. The third-order valence-electron chi connectivity index (χ3n) is 12.8. The number of carbonyl (C=O) groups is 2. The number of ether oxygens (including phenoxy) is 6. The largest absolute Gasteiger partial charge is 0.462 e. The molecule has 0 saturated carbocycles. The van der Waals surface area contributed by atoms with Crippen molar-refractivity contribution in [2.45, 2.75) is 280 Å². The van der Waals surface area contributed by atoms with Gasteiger partial charge in [0.25, 0.3) is 0 Å². The number of rotatable bonds is 41. The predicted molar refractivity (Wildman–Crippen MR) is 248 cm³/mol. The van der Waals surface area contributed by atoms with E-state index in [2.05, 4.69) is 13.8 Å². The highest BCUT2D eigenvalue weighted by atomic mass is 16.7. The van der Waals surface area contributed by atoms with Crippen LogP contribution < -0.4 is 0 Å². The van der Waals surface area contributed by atoms with Crippen molar-refractivity contribution in [2.75, 3.05) is 26.4 Å². The number of aliphatic hydroxyl groups is 7. The molecule has 7 N–H and O–H groups in total. The normalized spacial score (nSPS) is 26.3. The zero-order chi connectivity index (χ0) is 47.5. The Balaban J connectivity index is 1.78. The van der Waals surface area contributed by atoms with Crippen LogP contribution in [0.15, 0.2) is 0 Å². The quantitative estimate of drug-likeness (QED) is 0.0237. The first-order valence-corrected chi connectivity index (χ1v) is 26.1. The Labute approximate surface area is 391 Å². The third kappa shape index (κ3) is 26.7. The monoisotopic (exact) mass is 935 g/mol. The van der Waals surface area contributed by atoms with Gasteiger partial charge >= 0.3 is 11.9 Å². The van der Waals surface area contributed by atoms with Crippen LogP contribution in [-0.4, -0.2) is 142 Å². The van der Waals surface area contributed by atoms with E-state index >= 15 is 0 Å². The summed E-state index contributed by atoms with van der Waals surface area (Å²) in [4.78, 5) is 25.7. The smallest absolute Gasteiger partial charge is 0.306 e. The van der Waals surface area contributed by atoms with Crippen LogP contribution in [-0.2, 0) is 38.0 Å². The lowest BCUT2D eigenvalue weighted by molar-refractivity contribution is -0.332. The van der Waals surface area contributed by atoms with E-state index in [0.717, 1.165) is 38.5 Å². The van der Waals surface area contributed by atoms with E-state index < -0.39 is 92.7 Å². The summed E-state index contributed by atoms with van der Waals surface area (Å²) in [6.07, 6.45) is 18.5. The van der Waals surface area contributed by atoms with Crippen LogP contribution in [0.5, 0.6) is 0 Å². The standard InChI is InChI=1S/C50H94O15/c1-3-5-7-9-11-13-15-16-17-18-19-20-21-23-25-27-29-31-33-42(53)63-38(35-60-41(52)32-30-28-26-24-22-14-12-10-8-6-4-2)36-61-49-48(59)46(57)44(55)40(65-49)37-62-50-47(58)45(56)43(54)39(34-51)64-50/h38-40,43-51,54-59H,3-37H2,1-2H3/t38-,39+,40+,43-,44-,45?,46?,47?,48?,49+,50+/m1/s1. The van der Waals surface area contributed by atoms with E-state index in [1.54, 1.807) is 0 Å². The summed E-state index contributed by atoms with van der Waals surface area (Å²) >= 11 is 0. The minimum atomic E-state index is -1.76. The van der Waals surface area contributed by atoms with Gasteiger partial charge in [0, 0.05) is 12.8 Å². The molecule has 11 atom stereocenters. The van der Waals surface area contributed by atoms with Gasteiger partial charge in [0.2, 0.25) is 0 Å². The Morgan fingerprint density at radius 1 is 0.431 bits per heavy atom. The Kier molecular flexibility index (Phi) is 35.2. The summed E-state index contributed by atoms with van der Waals surface area (Å²) in [5.74, 6) is -0.911. The Morgan fingerprint density at radius 2 is 0.785 bits per heavy atom. The van der Waals surface area contributed by atoms with Gasteiger partial charge in [0.1, 0.15) is 55.4 Å². The van der Waals surface area contributed by atoms with E-state index in [1.165, 1.54) is 135 Å². The van der Waals surface area contributed by atoms with E-state index in [-0.39, 0.29) is 26.1 Å². The van der Waals surface area contributed by atoms with Gasteiger partial charge in [-0.2, -0.15) is 0 Å². The molecule has 2 heterocycles. The van der Waals surface area contributed by atoms with Crippen molar-refractivity contribution in [3.05, 3.63) is 0 Å². The summed E-state index contributed by atoms with van der Waals surface area (Å²) < 4.78 is 33.6. The highest BCUT2D eigenvalue weighted by Gasteiger charge is 2.47. The first-order chi connectivity index (χ1) is 31.5. The number of hydrogen-bond donors (Lipinski definition) is 7. The lowest BCUT2D eigenvalue weighted by atomic mass is 9.98. The third-order valence-corrected chi connectivity index (χ3v) is 12.8. The van der Waals surface area contributed by atoms with Crippen LogP contribution >= 0.6 is 0 Å². The molecule has 0 spiro atoms. The molecule has 2 rings (SSSR count). The SMILES string of the molecule is CCCCCCCCCCCCCCCCCCCCC(=O)O[C@H](COC(=O)CCCCCCCCCCCCC)CO[C@H]1O[C@@H](CO[C@H]2O[C@@H](CO)[C@@H](O)C(O)C2O)[C@@H](O)C(O)C1O. The number of carbonyl (C=O) groups excluding carboxylic acids is 2. The van der Waals surface area contributed by atoms with Gasteiger partial charge in [-0.25, -0.2) is 0 Å². The van der Waals surface area contributed by atoms with E-state index in [9.17, 15) is 45.3 Å². The van der Waals surface area contributed by atoms with Crippen LogP contribution in [0.2, 0.25) is 0 Å². The number of unbranched alkanes of at least 4 members (excludes halogenated alkanes) is 27. The van der Waals surface area contributed by atoms with Crippen molar-refractivity contribution >= 4 is 11.9 Å². The van der Waals surface area contributed by atoms with Crippen LogP contribution in [0.4, 0.5) is 0 Å². The molecular weight excluding hydrogens is 841 g/mol. The number of hydrogen-bond acceptors (Lipinski definition) is 15. The van der Waals surface area contributed by atoms with Gasteiger partial charge in [0.15, 0.2) is 18.7 Å². The molecule has 2 saturated heterocycles. The second kappa shape index (κ2) is 38.4. The molecule has 0 bridgehead atoms. The highest BCUT2D eigenvalue weighted by Crippen LogP contribution is 2.27. The topological polar surface area (TPSA) is 231 Å². The molecule has 15 nitrogen and oxygen atoms in total. The van der Waals surface area contributed by atoms with Crippen LogP contribution in [0.3, 0.4) is 0 Å². The summed E-state index contributed by atoms with van der Waals surface area (Å²) in [6, 6.07) is 0. The Morgan fingerprint density at radius 3 is 1.20 bits per heavy atom. The molecule has 384 valence electrons. The first-order valence-electron chi connectivity index (χ1n) is 26.1. The fourth-order valence-electron chi connectivity index (χ4n) is 8.51. The minimum absolute atomic E-state index is 0.173. The summed E-state index contributed by atoms with van der Waals surface area (Å²) in [5, 5.41) is 72.0. The second-order valence-electron chi connectivity index (χ2n) is 18.7. The lowest BCUT2D eigenvalue weighted by Crippen LogP contribution is -2.61. The molecule has 2 aliphatic heterocycles. The van der Waals surface area contributed by atoms with E-state index in [1.807, 2.05) is 0 Å². The van der Waals surface area contributed by atoms with E-state index in [0.29, 0.717) is 12.8 Å². The van der Waals surface area contributed by atoms with Crippen molar-refractivity contribution < 1.29 is 73.8 Å². The Hall–Kier alpha value is -1.50. The molecule has 0 amide bonds. The van der Waals surface area contributed by atoms with Gasteiger partial charge < -0.3 is 64.2 Å². The van der Waals surface area contributed by atoms with Crippen molar-refractivity contribution in [2.24, 2.45) is 0 Å². The molecule has 65 heavy (non-hydrogen) atoms. The van der Waals surface area contributed by atoms with Gasteiger partial charge in [-0.1, -0.05) is 187 Å². The molecule has 2 aliphatic rings. The van der Waals surface area contributed by atoms with Crippen molar-refractivity contribution in [3.63, 3.8) is 0 Å². The van der Waals surface area contributed by atoms with Crippen LogP contribution in [0.1, 0.15) is 213 Å². The van der Waals surface area contributed by atoms with Gasteiger partial charge in [0.05, 0.1) is 19.8 Å². The maximum atomic E-state index is 13.0. The fraction of sp³-hybridized carbons (Fsp3) is 0.960. The molecule has 0 aliphatic carbocycles. The molecule has 0 aromatic heterocycles. The van der Waals surface area contributed by atoms with E-state index in [4.69, 9.17) is 28.4 Å². The average molecular weight is 935 g/mol. The maximum Gasteiger partial charge on any atom is 0.306 e. The second-order valence-corrected chi connectivity index (χ2v) is 18.7. The zero-order valence-electron chi connectivity index (χ0n) is 40.5. The van der Waals surface area contributed by atoms with Gasteiger partial charge in [-0.05, 0) is 12.8 Å². The average Bonchev–Trinajstić information content (AvgIpc) is 3.30. The van der Waals surface area contributed by atoms with Crippen LogP contribution in [0.25, 0.3) is 0 Å². The van der Waals surface area contributed by atoms with Gasteiger partial charge in [-0.15, -0.1) is 0 Å². The minimum Gasteiger partial charge on any atom is -0.462 e.